The summed E-state index contributed by atoms with van der Waals surface area (Å²) >= 11 is 0. The second-order valence-corrected chi connectivity index (χ2v) is 4.54. The molecule has 0 saturated heterocycles. The predicted molar refractivity (Wildman–Crippen MR) is 88.5 cm³/mol. The molecule has 5 heteroatoms. The second kappa shape index (κ2) is 10.9. The van der Waals surface area contributed by atoms with Crippen LogP contribution in [0.2, 0.25) is 0 Å². The molecule has 0 spiro atoms. The van der Waals surface area contributed by atoms with Crippen LogP contribution in [0.1, 0.15) is 18.9 Å². The summed E-state index contributed by atoms with van der Waals surface area (Å²) in [5, 5.41) is 11.8. The summed E-state index contributed by atoms with van der Waals surface area (Å²) in [4.78, 5) is 11.9. The van der Waals surface area contributed by atoms with Crippen molar-refractivity contribution in [3.05, 3.63) is 35.4 Å². The average Bonchev–Trinajstić information content (AvgIpc) is 2.58. The molecule has 1 aromatic rings. The van der Waals surface area contributed by atoms with Crippen LogP contribution in [0, 0.1) is 23.7 Å². The van der Waals surface area contributed by atoms with E-state index in [0.29, 0.717) is 31.9 Å². The number of nitriles is 1. The number of nitrogens with one attached hydrogen (secondary N) is 1. The lowest BCUT2D eigenvalue weighted by molar-refractivity contribution is -0.117. The summed E-state index contributed by atoms with van der Waals surface area (Å²) in [6, 6.07) is 8.89. The highest BCUT2D eigenvalue weighted by molar-refractivity contribution is 6.01. The predicted octanol–water partition coefficient (Wildman–Crippen LogP) is 2.15. The monoisotopic (exact) mass is 312 g/mol. The van der Waals surface area contributed by atoms with Gasteiger partial charge in [0.25, 0.3) is 5.91 Å². The van der Waals surface area contributed by atoms with Crippen molar-refractivity contribution in [2.45, 2.75) is 13.3 Å². The molecule has 0 unspecified atom stereocenters. The Kier molecular flexibility index (Phi) is 8.66. The third kappa shape index (κ3) is 7.17. The highest BCUT2D eigenvalue weighted by atomic mass is 16.5. The van der Waals surface area contributed by atoms with Gasteiger partial charge >= 0.3 is 0 Å². The van der Waals surface area contributed by atoms with Gasteiger partial charge in [-0.15, -0.1) is 6.42 Å². The van der Waals surface area contributed by atoms with Gasteiger partial charge in [-0.25, -0.2) is 0 Å². The maximum atomic E-state index is 11.9. The van der Waals surface area contributed by atoms with E-state index in [0.717, 1.165) is 5.56 Å². The SMILES string of the molecule is C#CCOc1ccc(/C=C(/C#N)C(=O)NCCCOCC)cc1. The summed E-state index contributed by atoms with van der Waals surface area (Å²) in [6.07, 6.45) is 7.36. The van der Waals surface area contributed by atoms with Crippen molar-refractivity contribution < 1.29 is 14.3 Å². The number of amides is 1. The molecule has 0 saturated carbocycles. The molecule has 0 aliphatic heterocycles. The van der Waals surface area contributed by atoms with Crippen molar-refractivity contribution in [1.82, 2.24) is 5.32 Å². The first-order valence-electron chi connectivity index (χ1n) is 7.35. The third-order valence-corrected chi connectivity index (χ3v) is 2.83. The van der Waals surface area contributed by atoms with Crippen LogP contribution in [0.15, 0.2) is 29.8 Å². The number of hydrogen-bond donors (Lipinski definition) is 1. The molecule has 0 bridgehead atoms. The molecule has 1 aromatic carbocycles. The van der Waals surface area contributed by atoms with Crippen LogP contribution < -0.4 is 10.1 Å². The molecule has 120 valence electrons. The lowest BCUT2D eigenvalue weighted by Crippen LogP contribution is -2.26. The number of ether oxygens (including phenoxy) is 2. The van der Waals surface area contributed by atoms with Gasteiger partial charge in [-0.1, -0.05) is 18.1 Å². The minimum atomic E-state index is -0.392. The topological polar surface area (TPSA) is 71.3 Å². The van der Waals surface area contributed by atoms with Crippen molar-refractivity contribution in [2.24, 2.45) is 0 Å². The van der Waals surface area contributed by atoms with E-state index < -0.39 is 5.91 Å². The number of carbonyl (C=O) groups is 1. The number of hydrogen-bond acceptors (Lipinski definition) is 4. The fourth-order valence-electron chi connectivity index (χ4n) is 1.72. The Morgan fingerprint density at radius 3 is 2.74 bits per heavy atom. The van der Waals surface area contributed by atoms with Gasteiger partial charge in [-0.05, 0) is 37.1 Å². The highest BCUT2D eigenvalue weighted by Gasteiger charge is 2.08. The van der Waals surface area contributed by atoms with E-state index in [1.54, 1.807) is 24.3 Å². The van der Waals surface area contributed by atoms with Crippen LogP contribution in [0.5, 0.6) is 5.75 Å². The van der Waals surface area contributed by atoms with E-state index in [4.69, 9.17) is 21.2 Å². The van der Waals surface area contributed by atoms with Crippen LogP contribution >= 0.6 is 0 Å². The van der Waals surface area contributed by atoms with E-state index in [1.807, 2.05) is 13.0 Å². The molecule has 0 aliphatic rings. The largest absolute Gasteiger partial charge is 0.481 e. The first-order chi connectivity index (χ1) is 11.2. The minimum Gasteiger partial charge on any atom is -0.481 e. The molecule has 1 amide bonds. The highest BCUT2D eigenvalue weighted by Crippen LogP contribution is 2.14. The number of terminal acetylenes is 1. The van der Waals surface area contributed by atoms with Gasteiger partial charge in [-0.2, -0.15) is 5.26 Å². The Bertz CT molecular complexity index is 607. The second-order valence-electron chi connectivity index (χ2n) is 4.54. The summed E-state index contributed by atoms with van der Waals surface area (Å²) in [7, 11) is 0. The fraction of sp³-hybridized carbons (Fsp3) is 0.333. The van der Waals surface area contributed by atoms with Crippen LogP contribution in [0.4, 0.5) is 0 Å². The zero-order chi connectivity index (χ0) is 16.9. The van der Waals surface area contributed by atoms with Gasteiger partial charge in [-0.3, -0.25) is 4.79 Å². The maximum Gasteiger partial charge on any atom is 0.261 e. The molecule has 0 aliphatic carbocycles. The maximum absolute atomic E-state index is 11.9. The standard InChI is InChI=1S/C18H20N2O3/c1-3-11-23-17-8-6-15(7-9-17)13-16(14-19)18(21)20-10-5-12-22-4-2/h1,6-9,13H,4-5,10-12H2,2H3,(H,20,21)/b16-13-. The first kappa shape index (κ1) is 18.3. The summed E-state index contributed by atoms with van der Waals surface area (Å²) in [6.45, 7) is 3.82. The number of carbonyl (C=O) groups excluding carboxylic acids is 1. The third-order valence-electron chi connectivity index (χ3n) is 2.83. The van der Waals surface area contributed by atoms with Crippen LogP contribution in [-0.4, -0.2) is 32.3 Å². The van der Waals surface area contributed by atoms with E-state index in [2.05, 4.69) is 11.2 Å². The lowest BCUT2D eigenvalue weighted by Gasteiger charge is -2.05. The molecule has 5 nitrogen and oxygen atoms in total. The number of nitrogens with zero attached hydrogens (tertiary/aromatic N) is 1. The van der Waals surface area contributed by atoms with E-state index in [9.17, 15) is 4.79 Å². The van der Waals surface area contributed by atoms with Gasteiger partial charge in [0.2, 0.25) is 0 Å². The van der Waals surface area contributed by atoms with Crippen LogP contribution in [0.3, 0.4) is 0 Å². The van der Waals surface area contributed by atoms with E-state index >= 15 is 0 Å². The zero-order valence-electron chi connectivity index (χ0n) is 13.2. The molecule has 1 N–H and O–H groups in total. The Morgan fingerprint density at radius 2 is 2.13 bits per heavy atom. The summed E-state index contributed by atoms with van der Waals surface area (Å²) < 4.78 is 10.4. The van der Waals surface area contributed by atoms with Gasteiger partial charge in [0.1, 0.15) is 24.0 Å². The Labute approximate surface area is 136 Å². The first-order valence-corrected chi connectivity index (χ1v) is 7.35. The molecule has 0 heterocycles. The van der Waals surface area contributed by atoms with Crippen molar-refractivity contribution >= 4 is 12.0 Å². The molecule has 0 aromatic heterocycles. The van der Waals surface area contributed by atoms with Crippen LogP contribution in [0.25, 0.3) is 6.08 Å². The normalized spacial score (nSPS) is 10.5. The summed E-state index contributed by atoms with van der Waals surface area (Å²) in [5.41, 5.74) is 0.790. The molecule has 0 radical (unpaired) electrons. The van der Waals surface area contributed by atoms with Gasteiger partial charge in [0, 0.05) is 19.8 Å². The van der Waals surface area contributed by atoms with Crippen LogP contribution in [-0.2, 0) is 9.53 Å². The van der Waals surface area contributed by atoms with Crippen molar-refractivity contribution in [3.8, 4) is 24.2 Å². The van der Waals surface area contributed by atoms with Crippen molar-refractivity contribution in [2.75, 3.05) is 26.4 Å². The fourth-order valence-corrected chi connectivity index (χ4v) is 1.72. The Morgan fingerprint density at radius 1 is 1.39 bits per heavy atom. The molecular weight excluding hydrogens is 292 g/mol. The van der Waals surface area contributed by atoms with Gasteiger partial charge in [0.15, 0.2) is 0 Å². The molecular formula is C18H20N2O3. The molecule has 1 rings (SSSR count). The van der Waals surface area contributed by atoms with Gasteiger partial charge in [0.05, 0.1) is 0 Å². The van der Waals surface area contributed by atoms with Gasteiger partial charge < -0.3 is 14.8 Å². The Hall–Kier alpha value is -2.76. The smallest absolute Gasteiger partial charge is 0.261 e. The average molecular weight is 312 g/mol. The van der Waals surface area contributed by atoms with Crippen molar-refractivity contribution in [1.29, 1.82) is 5.26 Å². The zero-order valence-corrected chi connectivity index (χ0v) is 13.2. The lowest BCUT2D eigenvalue weighted by atomic mass is 10.1. The molecule has 23 heavy (non-hydrogen) atoms. The molecule has 0 atom stereocenters. The quantitative estimate of drug-likeness (QED) is 0.328. The number of rotatable bonds is 9. The minimum absolute atomic E-state index is 0.0544. The van der Waals surface area contributed by atoms with E-state index in [-0.39, 0.29) is 12.2 Å². The van der Waals surface area contributed by atoms with Crippen molar-refractivity contribution in [3.63, 3.8) is 0 Å². The Balaban J connectivity index is 2.59. The number of benzene rings is 1. The molecule has 0 fully saturated rings. The van der Waals surface area contributed by atoms with E-state index in [1.165, 1.54) is 6.08 Å². The summed E-state index contributed by atoms with van der Waals surface area (Å²) in [5.74, 6) is 2.63.